The molecule has 118 valence electrons. The van der Waals surface area contributed by atoms with Crippen LogP contribution >= 0.6 is 0 Å². The highest BCUT2D eigenvalue weighted by molar-refractivity contribution is 5.42. The summed E-state index contributed by atoms with van der Waals surface area (Å²) >= 11 is 0. The monoisotopic (exact) mass is 296 g/mol. The summed E-state index contributed by atoms with van der Waals surface area (Å²) in [5.74, 6) is 0. The number of benzene rings is 2. The van der Waals surface area contributed by atoms with Crippen LogP contribution in [-0.2, 0) is 6.54 Å². The van der Waals surface area contributed by atoms with Crippen molar-refractivity contribution < 1.29 is 0 Å². The fraction of sp³-hybridized carbons (Fsp3) is 0.400. The molecule has 0 aliphatic carbocycles. The van der Waals surface area contributed by atoms with Gasteiger partial charge >= 0.3 is 0 Å². The van der Waals surface area contributed by atoms with Crippen molar-refractivity contribution in [1.82, 2.24) is 4.90 Å². The minimum Gasteiger partial charge on any atom is -0.383 e. The van der Waals surface area contributed by atoms with Crippen molar-refractivity contribution in [1.29, 1.82) is 0 Å². The zero-order valence-corrected chi connectivity index (χ0v) is 13.8. The first-order chi connectivity index (χ1) is 10.8. The van der Waals surface area contributed by atoms with Gasteiger partial charge in [-0.15, -0.1) is 0 Å². The van der Waals surface area contributed by atoms with Gasteiger partial charge in [-0.1, -0.05) is 62.4 Å². The van der Waals surface area contributed by atoms with E-state index in [2.05, 4.69) is 84.7 Å². The lowest BCUT2D eigenvalue weighted by Gasteiger charge is -2.31. The largest absolute Gasteiger partial charge is 0.383 e. The molecule has 0 bridgehead atoms. The van der Waals surface area contributed by atoms with Gasteiger partial charge in [-0.3, -0.25) is 4.90 Å². The number of nitrogens with zero attached hydrogens (tertiary/aromatic N) is 1. The van der Waals surface area contributed by atoms with Crippen molar-refractivity contribution in [2.75, 3.05) is 18.4 Å². The molecule has 0 aliphatic rings. The van der Waals surface area contributed by atoms with Crippen LogP contribution in [0, 0.1) is 0 Å². The van der Waals surface area contributed by atoms with Crippen LogP contribution in [0.25, 0.3) is 0 Å². The summed E-state index contributed by atoms with van der Waals surface area (Å²) in [6.45, 7) is 7.71. The van der Waals surface area contributed by atoms with Gasteiger partial charge in [0, 0.05) is 24.8 Å². The van der Waals surface area contributed by atoms with E-state index in [0.29, 0.717) is 6.04 Å². The maximum Gasteiger partial charge on any atom is 0.0340 e. The third kappa shape index (κ3) is 5.19. The summed E-state index contributed by atoms with van der Waals surface area (Å²) in [6.07, 6.45) is 2.35. The predicted molar refractivity (Wildman–Crippen MR) is 96.2 cm³/mol. The lowest BCUT2D eigenvalue weighted by Crippen LogP contribution is -2.39. The Labute approximate surface area is 135 Å². The van der Waals surface area contributed by atoms with Gasteiger partial charge < -0.3 is 5.32 Å². The number of anilines is 1. The van der Waals surface area contributed by atoms with Gasteiger partial charge in [0.25, 0.3) is 0 Å². The van der Waals surface area contributed by atoms with Crippen LogP contribution in [0.3, 0.4) is 0 Å². The van der Waals surface area contributed by atoms with Gasteiger partial charge in [0.2, 0.25) is 0 Å². The summed E-state index contributed by atoms with van der Waals surface area (Å²) < 4.78 is 0. The standard InChI is InChI=1S/C20H28N2/c1-3-15-22(17-18-11-7-5-8-12-18)20(4-2)16-21-19-13-9-6-10-14-19/h5-14,20-21H,3-4,15-17H2,1-2H3/t20-/m1/s1. The van der Waals surface area contributed by atoms with Gasteiger partial charge in [-0.25, -0.2) is 0 Å². The Bertz CT molecular complexity index is 510. The molecule has 0 heterocycles. The second-order valence-electron chi connectivity index (χ2n) is 5.77. The second-order valence-corrected chi connectivity index (χ2v) is 5.77. The van der Waals surface area contributed by atoms with E-state index in [1.54, 1.807) is 0 Å². The summed E-state index contributed by atoms with van der Waals surface area (Å²) in [5.41, 5.74) is 2.60. The topological polar surface area (TPSA) is 15.3 Å². The molecule has 0 saturated carbocycles. The van der Waals surface area contributed by atoms with E-state index >= 15 is 0 Å². The Balaban J connectivity index is 1.97. The molecule has 1 N–H and O–H groups in total. The Kier molecular flexibility index (Phi) is 6.98. The molecule has 1 atom stereocenters. The summed E-state index contributed by atoms with van der Waals surface area (Å²) in [4.78, 5) is 2.60. The molecule has 0 aliphatic heterocycles. The number of para-hydroxylation sites is 1. The quantitative estimate of drug-likeness (QED) is 0.715. The molecule has 0 radical (unpaired) electrons. The fourth-order valence-corrected chi connectivity index (χ4v) is 2.82. The van der Waals surface area contributed by atoms with E-state index in [4.69, 9.17) is 0 Å². The molecule has 0 aromatic heterocycles. The van der Waals surface area contributed by atoms with E-state index in [-0.39, 0.29) is 0 Å². The minimum atomic E-state index is 0.556. The van der Waals surface area contributed by atoms with Crippen molar-refractivity contribution >= 4 is 5.69 Å². The first-order valence-electron chi connectivity index (χ1n) is 8.40. The van der Waals surface area contributed by atoms with Gasteiger partial charge in [-0.2, -0.15) is 0 Å². The van der Waals surface area contributed by atoms with Crippen LogP contribution in [0.15, 0.2) is 60.7 Å². The molecular weight excluding hydrogens is 268 g/mol. The molecular formula is C20H28N2. The minimum absolute atomic E-state index is 0.556. The highest BCUT2D eigenvalue weighted by atomic mass is 15.2. The molecule has 2 aromatic carbocycles. The van der Waals surface area contributed by atoms with Gasteiger partial charge in [0.05, 0.1) is 0 Å². The van der Waals surface area contributed by atoms with Crippen molar-refractivity contribution in [2.24, 2.45) is 0 Å². The summed E-state index contributed by atoms with van der Waals surface area (Å²) in [7, 11) is 0. The first-order valence-corrected chi connectivity index (χ1v) is 8.40. The Morgan fingerprint density at radius 2 is 1.55 bits per heavy atom. The Morgan fingerprint density at radius 1 is 0.909 bits per heavy atom. The maximum atomic E-state index is 3.58. The second kappa shape index (κ2) is 9.26. The van der Waals surface area contributed by atoms with Crippen molar-refractivity contribution in [2.45, 2.75) is 39.3 Å². The van der Waals surface area contributed by atoms with E-state index in [1.165, 1.54) is 17.7 Å². The molecule has 0 amide bonds. The average Bonchev–Trinajstić information content (AvgIpc) is 2.57. The third-order valence-corrected chi connectivity index (χ3v) is 4.04. The zero-order chi connectivity index (χ0) is 15.6. The van der Waals surface area contributed by atoms with E-state index < -0.39 is 0 Å². The van der Waals surface area contributed by atoms with E-state index in [1.807, 2.05) is 0 Å². The molecule has 0 spiro atoms. The van der Waals surface area contributed by atoms with Crippen LogP contribution in [-0.4, -0.2) is 24.0 Å². The molecule has 2 rings (SSSR count). The van der Waals surface area contributed by atoms with E-state index in [0.717, 1.165) is 26.1 Å². The summed E-state index contributed by atoms with van der Waals surface area (Å²) in [6, 6.07) is 21.8. The molecule has 2 heteroatoms. The molecule has 2 nitrogen and oxygen atoms in total. The van der Waals surface area contributed by atoms with Crippen molar-refractivity contribution in [3.05, 3.63) is 66.2 Å². The van der Waals surface area contributed by atoms with Crippen molar-refractivity contribution in [3.63, 3.8) is 0 Å². The highest BCUT2D eigenvalue weighted by Gasteiger charge is 2.16. The normalized spacial score (nSPS) is 12.3. The highest BCUT2D eigenvalue weighted by Crippen LogP contribution is 2.13. The molecule has 0 unspecified atom stereocenters. The number of hydrogen-bond donors (Lipinski definition) is 1. The van der Waals surface area contributed by atoms with Crippen LogP contribution in [0.2, 0.25) is 0 Å². The Hall–Kier alpha value is -1.80. The first kappa shape index (κ1) is 16.6. The van der Waals surface area contributed by atoms with E-state index in [9.17, 15) is 0 Å². The molecule has 0 saturated heterocycles. The number of rotatable bonds is 9. The number of nitrogens with one attached hydrogen (secondary N) is 1. The fourth-order valence-electron chi connectivity index (χ4n) is 2.82. The third-order valence-electron chi connectivity index (χ3n) is 4.04. The number of hydrogen-bond acceptors (Lipinski definition) is 2. The smallest absolute Gasteiger partial charge is 0.0340 e. The van der Waals surface area contributed by atoms with Crippen molar-refractivity contribution in [3.8, 4) is 0 Å². The zero-order valence-electron chi connectivity index (χ0n) is 13.8. The van der Waals surface area contributed by atoms with Gasteiger partial charge in [0.15, 0.2) is 0 Å². The Morgan fingerprint density at radius 3 is 2.14 bits per heavy atom. The SMILES string of the molecule is CCCN(Cc1ccccc1)[C@H](CC)CNc1ccccc1. The molecule has 22 heavy (non-hydrogen) atoms. The van der Waals surface area contributed by atoms with Crippen LogP contribution in [0.5, 0.6) is 0 Å². The van der Waals surface area contributed by atoms with Crippen LogP contribution in [0.1, 0.15) is 32.3 Å². The lowest BCUT2D eigenvalue weighted by atomic mass is 10.1. The van der Waals surface area contributed by atoms with Crippen LogP contribution in [0.4, 0.5) is 5.69 Å². The lowest BCUT2D eigenvalue weighted by molar-refractivity contribution is 0.190. The average molecular weight is 296 g/mol. The summed E-state index contributed by atoms with van der Waals surface area (Å²) in [5, 5.41) is 3.58. The maximum absolute atomic E-state index is 3.58. The van der Waals surface area contributed by atoms with Crippen LogP contribution < -0.4 is 5.32 Å². The molecule has 0 fully saturated rings. The predicted octanol–water partition coefficient (Wildman–Crippen LogP) is 4.79. The van der Waals surface area contributed by atoms with Gasteiger partial charge in [0.1, 0.15) is 0 Å². The molecule has 2 aromatic rings. The van der Waals surface area contributed by atoms with Gasteiger partial charge in [-0.05, 0) is 37.1 Å².